The van der Waals surface area contributed by atoms with E-state index >= 15 is 0 Å². The third-order valence-corrected chi connectivity index (χ3v) is 4.13. The number of likely N-dealkylation sites (N-methyl/N-ethyl adjacent to an activating group) is 1. The number of thiophene rings is 1. The number of hydrogen-bond acceptors (Lipinski definition) is 3. The van der Waals surface area contributed by atoms with E-state index in [9.17, 15) is 0 Å². The van der Waals surface area contributed by atoms with Crippen LogP contribution in [0.3, 0.4) is 0 Å². The van der Waals surface area contributed by atoms with E-state index in [-0.39, 0.29) is 6.04 Å². The Balaban J connectivity index is 2.20. The molecule has 2 aromatic rings. The number of aromatic nitrogens is 1. The lowest BCUT2D eigenvalue weighted by Crippen LogP contribution is -2.19. The zero-order valence-corrected chi connectivity index (χ0v) is 11.5. The van der Waals surface area contributed by atoms with Gasteiger partial charge in [-0.1, -0.05) is 11.6 Å². The molecule has 1 N–H and O–H groups in total. The summed E-state index contributed by atoms with van der Waals surface area (Å²) in [5.41, 5.74) is 2.30. The summed E-state index contributed by atoms with van der Waals surface area (Å²) in [6.45, 7) is 2.08. The molecule has 1 atom stereocenters. The molecule has 0 saturated heterocycles. The second kappa shape index (κ2) is 5.63. The van der Waals surface area contributed by atoms with Crippen LogP contribution in [-0.4, -0.2) is 12.0 Å². The fourth-order valence-electron chi connectivity index (χ4n) is 1.76. The van der Waals surface area contributed by atoms with Gasteiger partial charge in [-0.2, -0.15) is 0 Å². The van der Waals surface area contributed by atoms with Crippen LogP contribution in [0.5, 0.6) is 0 Å². The van der Waals surface area contributed by atoms with Crippen molar-refractivity contribution in [3.63, 3.8) is 0 Å². The Morgan fingerprint density at radius 3 is 2.88 bits per heavy atom. The van der Waals surface area contributed by atoms with Gasteiger partial charge in [-0.3, -0.25) is 4.98 Å². The zero-order valence-electron chi connectivity index (χ0n) is 9.90. The molecule has 0 amide bonds. The van der Waals surface area contributed by atoms with E-state index in [1.165, 1.54) is 10.4 Å². The normalized spacial score (nSPS) is 12.6. The summed E-state index contributed by atoms with van der Waals surface area (Å²) in [5, 5.41) is 6.17. The van der Waals surface area contributed by atoms with E-state index in [0.717, 1.165) is 17.1 Å². The lowest BCUT2D eigenvalue weighted by Gasteiger charge is -2.15. The molecule has 0 aliphatic heterocycles. The van der Waals surface area contributed by atoms with Crippen LogP contribution < -0.4 is 5.32 Å². The smallest absolute Gasteiger partial charge is 0.0579 e. The monoisotopic (exact) mass is 266 g/mol. The van der Waals surface area contributed by atoms with Crippen LogP contribution in [0, 0.1) is 6.92 Å². The quantitative estimate of drug-likeness (QED) is 0.915. The number of halogens is 1. The molecule has 2 aromatic heterocycles. The molecule has 2 nitrogen and oxygen atoms in total. The second-order valence-corrected chi connectivity index (χ2v) is 5.40. The molecule has 0 bridgehead atoms. The highest BCUT2D eigenvalue weighted by molar-refractivity contribution is 7.10. The minimum atomic E-state index is 0.214. The van der Waals surface area contributed by atoms with Crippen LogP contribution in [-0.2, 0) is 6.42 Å². The molecule has 0 aliphatic rings. The molecule has 0 spiro atoms. The Labute approximate surface area is 111 Å². The van der Waals surface area contributed by atoms with E-state index in [1.54, 1.807) is 11.3 Å². The predicted octanol–water partition coefficient (Wildman–Crippen LogP) is 3.61. The van der Waals surface area contributed by atoms with Crippen LogP contribution >= 0.6 is 22.9 Å². The summed E-state index contributed by atoms with van der Waals surface area (Å²) >= 11 is 7.81. The molecule has 2 rings (SSSR count). The van der Waals surface area contributed by atoms with E-state index in [2.05, 4.69) is 23.3 Å². The molecule has 4 heteroatoms. The Kier molecular flexibility index (Phi) is 4.15. The molecule has 0 radical (unpaired) electrons. The second-order valence-electron chi connectivity index (χ2n) is 4.00. The summed E-state index contributed by atoms with van der Waals surface area (Å²) < 4.78 is 0. The zero-order chi connectivity index (χ0) is 12.3. The Bertz CT molecular complexity index is 496. The SMILES string of the molecule is CNC(Cc1sccc1Cl)c1cc(C)ccn1. The summed E-state index contributed by atoms with van der Waals surface area (Å²) in [6.07, 6.45) is 2.73. The standard InChI is InChI=1S/C13H15ClN2S/c1-9-3-5-16-12(7-9)11(15-2)8-13-10(14)4-6-17-13/h3-7,11,15H,8H2,1-2H3. The van der Waals surface area contributed by atoms with Crippen molar-refractivity contribution in [1.29, 1.82) is 0 Å². The van der Waals surface area contributed by atoms with E-state index in [0.29, 0.717) is 0 Å². The van der Waals surface area contributed by atoms with Gasteiger partial charge in [-0.15, -0.1) is 11.3 Å². The Morgan fingerprint density at radius 2 is 2.29 bits per heavy atom. The molecular formula is C13H15ClN2S. The fraction of sp³-hybridized carbons (Fsp3) is 0.308. The van der Waals surface area contributed by atoms with E-state index in [1.807, 2.05) is 30.8 Å². The van der Waals surface area contributed by atoms with Gasteiger partial charge >= 0.3 is 0 Å². The number of pyridine rings is 1. The lowest BCUT2D eigenvalue weighted by atomic mass is 10.1. The summed E-state index contributed by atoms with van der Waals surface area (Å²) in [7, 11) is 1.95. The summed E-state index contributed by atoms with van der Waals surface area (Å²) in [5.74, 6) is 0. The average molecular weight is 267 g/mol. The number of aryl methyl sites for hydroxylation is 1. The molecular weight excluding hydrogens is 252 g/mol. The molecule has 17 heavy (non-hydrogen) atoms. The van der Waals surface area contributed by atoms with Crippen LogP contribution in [0.25, 0.3) is 0 Å². The third-order valence-electron chi connectivity index (χ3n) is 2.72. The molecule has 90 valence electrons. The minimum absolute atomic E-state index is 0.214. The van der Waals surface area contributed by atoms with Gasteiger partial charge < -0.3 is 5.32 Å². The van der Waals surface area contributed by atoms with Crippen LogP contribution in [0.1, 0.15) is 22.2 Å². The largest absolute Gasteiger partial charge is 0.311 e. The van der Waals surface area contributed by atoms with Crippen LogP contribution in [0.15, 0.2) is 29.8 Å². The number of hydrogen-bond donors (Lipinski definition) is 1. The molecule has 1 unspecified atom stereocenters. The van der Waals surface area contributed by atoms with Gasteiger partial charge in [0.05, 0.1) is 16.8 Å². The first-order valence-electron chi connectivity index (χ1n) is 5.52. The van der Waals surface area contributed by atoms with Gasteiger partial charge in [0, 0.05) is 17.5 Å². The minimum Gasteiger partial charge on any atom is -0.311 e. The van der Waals surface area contributed by atoms with Crippen molar-refractivity contribution in [1.82, 2.24) is 10.3 Å². The van der Waals surface area contributed by atoms with Crippen molar-refractivity contribution >= 4 is 22.9 Å². The maximum absolute atomic E-state index is 6.12. The van der Waals surface area contributed by atoms with Crippen LogP contribution in [0.4, 0.5) is 0 Å². The molecule has 0 aliphatic carbocycles. The van der Waals surface area contributed by atoms with E-state index in [4.69, 9.17) is 11.6 Å². The maximum Gasteiger partial charge on any atom is 0.0579 e. The van der Waals surface area contributed by atoms with Crippen molar-refractivity contribution in [2.45, 2.75) is 19.4 Å². The Hall–Kier alpha value is -0.900. The average Bonchev–Trinajstić information content (AvgIpc) is 2.71. The first kappa shape index (κ1) is 12.6. The van der Waals surface area contributed by atoms with Crippen molar-refractivity contribution in [2.75, 3.05) is 7.05 Å². The van der Waals surface area contributed by atoms with Gasteiger partial charge in [-0.25, -0.2) is 0 Å². The van der Waals surface area contributed by atoms with E-state index < -0.39 is 0 Å². The van der Waals surface area contributed by atoms with Gasteiger partial charge in [0.25, 0.3) is 0 Å². The first-order valence-corrected chi connectivity index (χ1v) is 6.78. The van der Waals surface area contributed by atoms with Gasteiger partial charge in [0.15, 0.2) is 0 Å². The molecule has 0 fully saturated rings. The lowest BCUT2D eigenvalue weighted by molar-refractivity contribution is 0.580. The number of rotatable bonds is 4. The highest BCUT2D eigenvalue weighted by Crippen LogP contribution is 2.27. The van der Waals surface area contributed by atoms with Crippen molar-refractivity contribution < 1.29 is 0 Å². The predicted molar refractivity (Wildman–Crippen MR) is 73.8 cm³/mol. The van der Waals surface area contributed by atoms with Gasteiger partial charge in [-0.05, 0) is 43.1 Å². The molecule has 2 heterocycles. The van der Waals surface area contributed by atoms with Gasteiger partial charge in [0.1, 0.15) is 0 Å². The summed E-state index contributed by atoms with van der Waals surface area (Å²) in [6, 6.07) is 6.28. The third kappa shape index (κ3) is 3.06. The highest BCUT2D eigenvalue weighted by Gasteiger charge is 2.14. The molecule has 0 saturated carbocycles. The number of nitrogens with zero attached hydrogens (tertiary/aromatic N) is 1. The van der Waals surface area contributed by atoms with Crippen molar-refractivity contribution in [2.24, 2.45) is 0 Å². The van der Waals surface area contributed by atoms with Crippen molar-refractivity contribution in [3.8, 4) is 0 Å². The first-order chi connectivity index (χ1) is 8.20. The number of nitrogens with one attached hydrogen (secondary N) is 1. The Morgan fingerprint density at radius 1 is 1.47 bits per heavy atom. The van der Waals surface area contributed by atoms with Gasteiger partial charge in [0.2, 0.25) is 0 Å². The highest BCUT2D eigenvalue weighted by atomic mass is 35.5. The molecule has 0 aromatic carbocycles. The topological polar surface area (TPSA) is 24.9 Å². The van der Waals surface area contributed by atoms with Crippen molar-refractivity contribution in [3.05, 3.63) is 50.9 Å². The van der Waals surface area contributed by atoms with Crippen LogP contribution in [0.2, 0.25) is 5.02 Å². The maximum atomic E-state index is 6.12. The fourth-order valence-corrected chi connectivity index (χ4v) is 2.92. The summed E-state index contributed by atoms with van der Waals surface area (Å²) in [4.78, 5) is 5.62.